The lowest BCUT2D eigenvalue weighted by atomic mass is 10.2. The van der Waals surface area contributed by atoms with E-state index in [1.54, 1.807) is 33.3 Å². The van der Waals surface area contributed by atoms with E-state index in [0.717, 1.165) is 28.8 Å². The van der Waals surface area contributed by atoms with Crippen LogP contribution >= 0.6 is 11.3 Å². The van der Waals surface area contributed by atoms with E-state index in [9.17, 15) is 14.0 Å². The minimum Gasteiger partial charge on any atom is -0.376 e. The second-order valence-electron chi connectivity index (χ2n) is 8.62. The third-order valence-corrected chi connectivity index (χ3v) is 6.78. The van der Waals surface area contributed by atoms with Crippen LogP contribution in [-0.2, 0) is 29.2 Å². The summed E-state index contributed by atoms with van der Waals surface area (Å²) < 4.78 is 19.1. The summed E-state index contributed by atoms with van der Waals surface area (Å²) in [5.74, 6) is -0.488. The summed E-state index contributed by atoms with van der Waals surface area (Å²) in [6.07, 6.45) is 1.74. The molecular formula is C27H30FN3O3S. The predicted octanol–water partition coefficient (Wildman–Crippen LogP) is 4.81. The van der Waals surface area contributed by atoms with Gasteiger partial charge in [0.05, 0.1) is 12.6 Å². The fourth-order valence-corrected chi connectivity index (χ4v) is 4.75. The lowest BCUT2D eigenvalue weighted by Gasteiger charge is -2.29. The van der Waals surface area contributed by atoms with Crippen LogP contribution < -0.4 is 5.32 Å². The van der Waals surface area contributed by atoms with Crippen molar-refractivity contribution in [1.82, 2.24) is 15.1 Å². The molecular weight excluding hydrogens is 465 g/mol. The highest BCUT2D eigenvalue weighted by molar-refractivity contribution is 7.09. The van der Waals surface area contributed by atoms with Gasteiger partial charge in [0.2, 0.25) is 5.91 Å². The lowest BCUT2D eigenvalue weighted by Crippen LogP contribution is -2.48. The molecule has 6 nitrogen and oxygen atoms in total. The standard InChI is InChI=1S/C27H30FN3O3S/c28-23-12-10-22(11-13-23)17-30(19-25-9-5-15-35-25)26(32)20-31(18-24-8-4-14-34-24)27(33)29-16-21-6-2-1-3-7-21/h1-3,5-7,9-13,15,24H,4,8,14,16-20H2,(H,29,33). The molecule has 2 aromatic carbocycles. The molecule has 1 N–H and O–H groups in total. The predicted molar refractivity (Wildman–Crippen MR) is 134 cm³/mol. The molecule has 1 aliphatic rings. The Kier molecular flexibility index (Phi) is 8.86. The van der Waals surface area contributed by atoms with Gasteiger partial charge in [0.1, 0.15) is 12.4 Å². The molecule has 3 aromatic rings. The van der Waals surface area contributed by atoms with Crippen molar-refractivity contribution in [1.29, 1.82) is 0 Å². The average molecular weight is 496 g/mol. The first kappa shape index (κ1) is 24.9. The topological polar surface area (TPSA) is 61.9 Å². The van der Waals surface area contributed by atoms with E-state index in [-0.39, 0.29) is 30.4 Å². The molecule has 0 saturated carbocycles. The van der Waals surface area contributed by atoms with Crippen LogP contribution in [-0.4, -0.2) is 47.5 Å². The summed E-state index contributed by atoms with van der Waals surface area (Å²) in [5.41, 5.74) is 1.82. The number of rotatable bonds is 10. The number of benzene rings is 2. The second-order valence-corrected chi connectivity index (χ2v) is 9.65. The van der Waals surface area contributed by atoms with E-state index in [2.05, 4.69) is 5.32 Å². The first-order chi connectivity index (χ1) is 17.1. The quantitative estimate of drug-likeness (QED) is 0.439. The first-order valence-corrected chi connectivity index (χ1v) is 12.7. The molecule has 1 saturated heterocycles. The summed E-state index contributed by atoms with van der Waals surface area (Å²) >= 11 is 1.57. The van der Waals surface area contributed by atoms with Gasteiger partial charge < -0.3 is 19.9 Å². The molecule has 1 atom stereocenters. The monoisotopic (exact) mass is 495 g/mol. The number of nitrogens with one attached hydrogen (secondary N) is 1. The van der Waals surface area contributed by atoms with Crippen molar-refractivity contribution in [3.05, 3.63) is 93.9 Å². The van der Waals surface area contributed by atoms with Crippen molar-refractivity contribution in [2.24, 2.45) is 0 Å². The summed E-state index contributed by atoms with van der Waals surface area (Å²) in [7, 11) is 0. The van der Waals surface area contributed by atoms with Gasteiger partial charge in [-0.2, -0.15) is 0 Å². The van der Waals surface area contributed by atoms with Gasteiger partial charge in [-0.05, 0) is 47.5 Å². The Morgan fingerprint density at radius 1 is 0.971 bits per heavy atom. The van der Waals surface area contributed by atoms with Gasteiger partial charge in [-0.1, -0.05) is 48.5 Å². The zero-order valence-corrected chi connectivity index (χ0v) is 20.4. The van der Waals surface area contributed by atoms with Gasteiger partial charge in [0.25, 0.3) is 0 Å². The Bertz CT molecular complexity index is 1070. The van der Waals surface area contributed by atoms with Crippen LogP contribution in [0.5, 0.6) is 0 Å². The Morgan fingerprint density at radius 2 is 1.77 bits per heavy atom. The molecule has 0 spiro atoms. The molecule has 1 aromatic heterocycles. The van der Waals surface area contributed by atoms with Crippen LogP contribution in [0.4, 0.5) is 9.18 Å². The van der Waals surface area contributed by atoms with Gasteiger partial charge in [-0.25, -0.2) is 9.18 Å². The van der Waals surface area contributed by atoms with Crippen LogP contribution in [0.15, 0.2) is 72.1 Å². The Hall–Kier alpha value is -3.23. The molecule has 4 rings (SSSR count). The highest BCUT2D eigenvalue weighted by Crippen LogP contribution is 2.17. The normalized spacial score (nSPS) is 15.1. The van der Waals surface area contributed by atoms with E-state index in [4.69, 9.17) is 4.74 Å². The Labute approximate surface area is 209 Å². The minimum absolute atomic E-state index is 0.0624. The van der Waals surface area contributed by atoms with Crippen LogP contribution in [0.2, 0.25) is 0 Å². The maximum Gasteiger partial charge on any atom is 0.318 e. The Morgan fingerprint density at radius 3 is 2.46 bits per heavy atom. The SMILES string of the molecule is O=C(CN(CC1CCCO1)C(=O)NCc1ccccc1)N(Cc1ccc(F)cc1)Cc1cccs1. The largest absolute Gasteiger partial charge is 0.376 e. The number of carbonyl (C=O) groups excluding carboxylic acids is 2. The van der Waals surface area contributed by atoms with E-state index in [1.807, 2.05) is 47.8 Å². The van der Waals surface area contributed by atoms with Crippen molar-refractivity contribution in [3.63, 3.8) is 0 Å². The smallest absolute Gasteiger partial charge is 0.318 e. The molecule has 1 aliphatic heterocycles. The van der Waals surface area contributed by atoms with Crippen LogP contribution in [0.3, 0.4) is 0 Å². The van der Waals surface area contributed by atoms with Crippen molar-refractivity contribution < 1.29 is 18.7 Å². The van der Waals surface area contributed by atoms with E-state index in [0.29, 0.717) is 32.8 Å². The highest BCUT2D eigenvalue weighted by Gasteiger charge is 2.26. The molecule has 0 bridgehead atoms. The molecule has 0 radical (unpaired) electrons. The third-order valence-electron chi connectivity index (χ3n) is 5.91. The maximum atomic E-state index is 13.5. The fraction of sp³-hybridized carbons (Fsp3) is 0.333. The molecule has 1 unspecified atom stereocenters. The first-order valence-electron chi connectivity index (χ1n) is 11.8. The van der Waals surface area contributed by atoms with Crippen LogP contribution in [0.1, 0.15) is 28.8 Å². The van der Waals surface area contributed by atoms with Gasteiger partial charge in [-0.15, -0.1) is 11.3 Å². The zero-order valence-electron chi connectivity index (χ0n) is 19.6. The Balaban J connectivity index is 1.46. The van der Waals surface area contributed by atoms with Crippen LogP contribution in [0, 0.1) is 5.82 Å². The summed E-state index contributed by atoms with van der Waals surface area (Å²) in [5, 5.41) is 4.91. The molecule has 1 fully saturated rings. The van der Waals surface area contributed by atoms with Crippen molar-refractivity contribution in [2.45, 2.75) is 38.6 Å². The van der Waals surface area contributed by atoms with Crippen molar-refractivity contribution in [3.8, 4) is 0 Å². The number of halogens is 1. The maximum absolute atomic E-state index is 13.5. The van der Waals surface area contributed by atoms with E-state index >= 15 is 0 Å². The van der Waals surface area contributed by atoms with Crippen molar-refractivity contribution in [2.75, 3.05) is 19.7 Å². The summed E-state index contributed by atoms with van der Waals surface area (Å²) in [4.78, 5) is 30.9. The number of ether oxygens (including phenoxy) is 1. The molecule has 8 heteroatoms. The van der Waals surface area contributed by atoms with E-state index < -0.39 is 0 Å². The summed E-state index contributed by atoms with van der Waals surface area (Å²) in [6, 6.07) is 19.4. The van der Waals surface area contributed by atoms with Gasteiger partial charge in [-0.3, -0.25) is 4.79 Å². The zero-order chi connectivity index (χ0) is 24.5. The lowest BCUT2D eigenvalue weighted by molar-refractivity contribution is -0.133. The fourth-order valence-electron chi connectivity index (χ4n) is 4.04. The molecule has 2 heterocycles. The van der Waals surface area contributed by atoms with E-state index in [1.165, 1.54) is 12.1 Å². The van der Waals surface area contributed by atoms with Gasteiger partial charge in [0.15, 0.2) is 0 Å². The molecule has 0 aliphatic carbocycles. The van der Waals surface area contributed by atoms with Gasteiger partial charge in [0, 0.05) is 31.1 Å². The number of carbonyl (C=O) groups is 2. The highest BCUT2D eigenvalue weighted by atomic mass is 32.1. The average Bonchev–Trinajstić information content (AvgIpc) is 3.58. The molecule has 184 valence electrons. The van der Waals surface area contributed by atoms with Gasteiger partial charge >= 0.3 is 6.03 Å². The van der Waals surface area contributed by atoms with Crippen LogP contribution in [0.25, 0.3) is 0 Å². The number of thiophene rings is 1. The molecule has 35 heavy (non-hydrogen) atoms. The number of nitrogens with zero attached hydrogens (tertiary/aromatic N) is 2. The summed E-state index contributed by atoms with van der Waals surface area (Å²) in [6.45, 7) is 2.10. The number of urea groups is 1. The second kappa shape index (κ2) is 12.5. The van der Waals surface area contributed by atoms with Crippen molar-refractivity contribution >= 4 is 23.3 Å². The minimum atomic E-state index is -0.317. The third kappa shape index (κ3) is 7.63. The number of hydrogen-bond acceptors (Lipinski definition) is 4. The number of amides is 3. The molecule has 3 amide bonds. The number of hydrogen-bond donors (Lipinski definition) is 1.